The lowest BCUT2D eigenvalue weighted by molar-refractivity contribution is 0.554. The van der Waals surface area contributed by atoms with Crippen molar-refractivity contribution in [1.29, 1.82) is 0 Å². The zero-order valence-electron chi connectivity index (χ0n) is 10.9. The van der Waals surface area contributed by atoms with Crippen LogP contribution in [0.4, 0.5) is 5.69 Å². The summed E-state index contributed by atoms with van der Waals surface area (Å²) in [5.74, 6) is 0. The topological polar surface area (TPSA) is 43.8 Å². The number of aryl methyl sites for hydroxylation is 1. The summed E-state index contributed by atoms with van der Waals surface area (Å²) < 4.78 is 1.86. The Bertz CT molecular complexity index is 533. The summed E-state index contributed by atoms with van der Waals surface area (Å²) in [5.41, 5.74) is 10.0. The molecule has 0 unspecified atom stereocenters. The third-order valence-electron chi connectivity index (χ3n) is 2.74. The van der Waals surface area contributed by atoms with Crippen LogP contribution in [0.3, 0.4) is 0 Å². The minimum Gasteiger partial charge on any atom is -0.399 e. The van der Waals surface area contributed by atoms with E-state index in [-0.39, 0.29) is 5.41 Å². The molecular formula is C14H19N3. The number of nitrogens with two attached hydrogens (primary N) is 1. The highest BCUT2D eigenvalue weighted by atomic mass is 15.3. The van der Waals surface area contributed by atoms with Crippen molar-refractivity contribution in [3.8, 4) is 11.1 Å². The predicted octanol–water partition coefficient (Wildman–Crippen LogP) is 2.97. The van der Waals surface area contributed by atoms with Crippen LogP contribution in [0.2, 0.25) is 0 Å². The summed E-state index contributed by atoms with van der Waals surface area (Å²) in [6.45, 7) is 6.52. The number of nitrogens with zero attached hydrogens (tertiary/aromatic N) is 2. The molecule has 0 atom stereocenters. The smallest absolute Gasteiger partial charge is 0.0756 e. The van der Waals surface area contributed by atoms with Crippen molar-refractivity contribution >= 4 is 5.69 Å². The average molecular weight is 229 g/mol. The van der Waals surface area contributed by atoms with Gasteiger partial charge in [-0.1, -0.05) is 32.9 Å². The Morgan fingerprint density at radius 2 is 1.94 bits per heavy atom. The van der Waals surface area contributed by atoms with Crippen LogP contribution in [0.1, 0.15) is 26.5 Å². The Hall–Kier alpha value is -1.77. The van der Waals surface area contributed by atoms with Crippen LogP contribution in [-0.4, -0.2) is 9.78 Å². The molecule has 0 aliphatic heterocycles. The molecule has 3 heteroatoms. The first kappa shape index (κ1) is 11.7. The van der Waals surface area contributed by atoms with Crippen LogP contribution in [0.15, 0.2) is 30.5 Å². The molecule has 17 heavy (non-hydrogen) atoms. The van der Waals surface area contributed by atoms with E-state index >= 15 is 0 Å². The van der Waals surface area contributed by atoms with Crippen molar-refractivity contribution in [2.45, 2.75) is 26.2 Å². The molecule has 90 valence electrons. The van der Waals surface area contributed by atoms with E-state index in [0.29, 0.717) is 0 Å². The minimum absolute atomic E-state index is 0.0290. The monoisotopic (exact) mass is 229 g/mol. The zero-order chi connectivity index (χ0) is 12.6. The third kappa shape index (κ3) is 2.33. The summed E-state index contributed by atoms with van der Waals surface area (Å²) in [5, 5.41) is 4.56. The fraction of sp³-hybridized carbons (Fsp3) is 0.357. The van der Waals surface area contributed by atoms with Crippen LogP contribution >= 0.6 is 0 Å². The fourth-order valence-electron chi connectivity index (χ4n) is 1.96. The maximum absolute atomic E-state index is 5.83. The number of benzene rings is 1. The molecule has 1 heterocycles. The quantitative estimate of drug-likeness (QED) is 0.764. The Labute approximate surface area is 102 Å². The first-order valence-corrected chi connectivity index (χ1v) is 5.78. The Kier molecular flexibility index (Phi) is 2.69. The van der Waals surface area contributed by atoms with E-state index in [1.807, 2.05) is 29.9 Å². The largest absolute Gasteiger partial charge is 0.399 e. The molecule has 0 fully saturated rings. The molecule has 0 aliphatic carbocycles. The molecule has 0 saturated heterocycles. The van der Waals surface area contributed by atoms with Crippen LogP contribution in [-0.2, 0) is 12.5 Å². The molecule has 2 aromatic rings. The van der Waals surface area contributed by atoms with Crippen molar-refractivity contribution in [3.63, 3.8) is 0 Å². The summed E-state index contributed by atoms with van der Waals surface area (Å²) in [4.78, 5) is 0. The summed E-state index contributed by atoms with van der Waals surface area (Å²) in [6, 6.07) is 7.94. The number of hydrogen-bond acceptors (Lipinski definition) is 2. The predicted molar refractivity (Wildman–Crippen MR) is 71.8 cm³/mol. The molecular weight excluding hydrogens is 210 g/mol. The van der Waals surface area contributed by atoms with E-state index in [1.54, 1.807) is 0 Å². The molecule has 3 nitrogen and oxygen atoms in total. The van der Waals surface area contributed by atoms with Gasteiger partial charge in [-0.05, 0) is 17.7 Å². The number of hydrogen-bond donors (Lipinski definition) is 1. The third-order valence-corrected chi connectivity index (χ3v) is 2.74. The Morgan fingerprint density at radius 3 is 2.53 bits per heavy atom. The van der Waals surface area contributed by atoms with Crippen molar-refractivity contribution in [3.05, 3.63) is 36.2 Å². The summed E-state index contributed by atoms with van der Waals surface area (Å²) in [6.07, 6.45) is 2.05. The Morgan fingerprint density at radius 1 is 1.24 bits per heavy atom. The molecule has 2 rings (SSSR count). The van der Waals surface area contributed by atoms with Crippen LogP contribution in [0.25, 0.3) is 11.1 Å². The van der Waals surface area contributed by atoms with E-state index < -0.39 is 0 Å². The standard InChI is InChI=1S/C14H19N3/c1-14(2,3)13-12(9-17(4)16-13)10-6-5-7-11(15)8-10/h5-9H,15H2,1-4H3. The van der Waals surface area contributed by atoms with Gasteiger partial charge in [0.05, 0.1) is 5.69 Å². The minimum atomic E-state index is 0.0290. The van der Waals surface area contributed by atoms with Gasteiger partial charge in [0.25, 0.3) is 0 Å². The van der Waals surface area contributed by atoms with Gasteiger partial charge in [-0.3, -0.25) is 4.68 Å². The summed E-state index contributed by atoms with van der Waals surface area (Å²) >= 11 is 0. The number of anilines is 1. The number of nitrogen functional groups attached to an aromatic ring is 1. The molecule has 0 bridgehead atoms. The van der Waals surface area contributed by atoms with Gasteiger partial charge >= 0.3 is 0 Å². The lowest BCUT2D eigenvalue weighted by Gasteiger charge is -2.17. The van der Waals surface area contributed by atoms with E-state index in [0.717, 1.165) is 22.5 Å². The zero-order valence-corrected chi connectivity index (χ0v) is 10.9. The fourth-order valence-corrected chi connectivity index (χ4v) is 1.96. The van der Waals surface area contributed by atoms with Gasteiger partial charge in [0.15, 0.2) is 0 Å². The van der Waals surface area contributed by atoms with Crippen molar-refractivity contribution in [2.24, 2.45) is 7.05 Å². The molecule has 1 aromatic heterocycles. The number of rotatable bonds is 1. The second-order valence-electron chi connectivity index (χ2n) is 5.44. The molecule has 0 saturated carbocycles. The molecule has 0 aliphatic rings. The van der Waals surface area contributed by atoms with Crippen LogP contribution in [0, 0.1) is 0 Å². The number of aromatic nitrogens is 2. The van der Waals surface area contributed by atoms with Gasteiger partial charge in [0.2, 0.25) is 0 Å². The highest BCUT2D eigenvalue weighted by molar-refractivity contribution is 5.69. The first-order valence-electron chi connectivity index (χ1n) is 5.78. The average Bonchev–Trinajstić information content (AvgIpc) is 2.60. The van der Waals surface area contributed by atoms with Crippen molar-refractivity contribution in [1.82, 2.24) is 9.78 Å². The molecule has 1 aromatic carbocycles. The molecule has 0 spiro atoms. The molecule has 2 N–H and O–H groups in total. The van der Waals surface area contributed by atoms with Gasteiger partial charge < -0.3 is 5.73 Å². The van der Waals surface area contributed by atoms with E-state index in [9.17, 15) is 0 Å². The molecule has 0 radical (unpaired) electrons. The SMILES string of the molecule is Cn1cc(-c2cccc(N)c2)c(C(C)(C)C)n1. The maximum atomic E-state index is 5.83. The van der Waals surface area contributed by atoms with Gasteiger partial charge in [0, 0.05) is 29.9 Å². The van der Waals surface area contributed by atoms with Gasteiger partial charge in [-0.15, -0.1) is 0 Å². The van der Waals surface area contributed by atoms with E-state index in [1.165, 1.54) is 0 Å². The lowest BCUT2D eigenvalue weighted by atomic mass is 9.87. The highest BCUT2D eigenvalue weighted by Gasteiger charge is 2.22. The molecule has 0 amide bonds. The van der Waals surface area contributed by atoms with Gasteiger partial charge in [0.1, 0.15) is 0 Å². The van der Waals surface area contributed by atoms with E-state index in [2.05, 4.69) is 38.1 Å². The summed E-state index contributed by atoms with van der Waals surface area (Å²) in [7, 11) is 1.95. The van der Waals surface area contributed by atoms with Gasteiger partial charge in [-0.2, -0.15) is 5.10 Å². The maximum Gasteiger partial charge on any atom is 0.0756 e. The van der Waals surface area contributed by atoms with E-state index in [4.69, 9.17) is 5.73 Å². The van der Waals surface area contributed by atoms with Crippen LogP contribution in [0.5, 0.6) is 0 Å². The first-order chi connectivity index (χ1) is 7.88. The van der Waals surface area contributed by atoms with Crippen molar-refractivity contribution in [2.75, 3.05) is 5.73 Å². The van der Waals surface area contributed by atoms with Gasteiger partial charge in [-0.25, -0.2) is 0 Å². The lowest BCUT2D eigenvalue weighted by Crippen LogP contribution is -2.13. The highest BCUT2D eigenvalue weighted by Crippen LogP contribution is 2.32. The van der Waals surface area contributed by atoms with Crippen LogP contribution < -0.4 is 5.73 Å². The normalized spacial score (nSPS) is 11.8. The Balaban J connectivity index is 2.60. The second-order valence-corrected chi connectivity index (χ2v) is 5.44. The second kappa shape index (κ2) is 3.91. The van der Waals surface area contributed by atoms with Crippen molar-refractivity contribution < 1.29 is 0 Å².